The van der Waals surface area contributed by atoms with Crippen LogP contribution in [0.2, 0.25) is 0 Å². The highest BCUT2D eigenvalue weighted by molar-refractivity contribution is 5.97. The van der Waals surface area contributed by atoms with Gasteiger partial charge in [-0.15, -0.1) is 12.4 Å². The van der Waals surface area contributed by atoms with Crippen LogP contribution in [0.4, 0.5) is 0 Å². The summed E-state index contributed by atoms with van der Waals surface area (Å²) < 4.78 is 0. The number of benzene rings is 2. The van der Waals surface area contributed by atoms with Crippen molar-refractivity contribution in [1.29, 1.82) is 0 Å². The summed E-state index contributed by atoms with van der Waals surface area (Å²) in [6, 6.07) is 19.2. The number of hydrogen-bond acceptors (Lipinski definition) is 4. The van der Waals surface area contributed by atoms with Crippen molar-refractivity contribution < 1.29 is 9.90 Å². The van der Waals surface area contributed by atoms with Crippen molar-refractivity contribution in [3.8, 4) is 0 Å². The van der Waals surface area contributed by atoms with Crippen molar-refractivity contribution >= 4 is 29.2 Å². The van der Waals surface area contributed by atoms with Crippen LogP contribution < -0.4 is 10.6 Å². The maximum Gasteiger partial charge on any atom is 0.253 e. The number of pyridine rings is 1. The van der Waals surface area contributed by atoms with Crippen molar-refractivity contribution in [2.24, 2.45) is 0 Å². The molecule has 0 aliphatic carbocycles. The quantitative estimate of drug-likeness (QED) is 0.650. The lowest BCUT2D eigenvalue weighted by atomic mass is 9.79. The van der Waals surface area contributed by atoms with Crippen LogP contribution in [0.25, 0.3) is 10.9 Å². The first-order chi connectivity index (χ1) is 12.7. The molecule has 1 aromatic heterocycles. The molecule has 3 N–H and O–H groups in total. The van der Waals surface area contributed by atoms with Gasteiger partial charge in [0.1, 0.15) is 0 Å². The number of aliphatic hydroxyl groups excluding tert-OH is 1. The van der Waals surface area contributed by atoms with Crippen molar-refractivity contribution in [3.05, 3.63) is 78.0 Å². The van der Waals surface area contributed by atoms with Crippen LogP contribution in [0.3, 0.4) is 0 Å². The van der Waals surface area contributed by atoms with Crippen LogP contribution in [0, 0.1) is 0 Å². The number of piperidine rings is 1. The van der Waals surface area contributed by atoms with E-state index in [-0.39, 0.29) is 18.3 Å². The molecular formula is C21H22ClN3O2. The van der Waals surface area contributed by atoms with Crippen LogP contribution in [-0.4, -0.2) is 35.2 Å². The highest BCUT2D eigenvalue weighted by Crippen LogP contribution is 2.31. The monoisotopic (exact) mass is 383 g/mol. The molecule has 2 aromatic carbocycles. The number of halogens is 1. The van der Waals surface area contributed by atoms with E-state index in [1.54, 1.807) is 6.20 Å². The van der Waals surface area contributed by atoms with Crippen molar-refractivity contribution in [2.75, 3.05) is 13.1 Å². The van der Waals surface area contributed by atoms with E-state index in [9.17, 15) is 9.90 Å². The van der Waals surface area contributed by atoms with Gasteiger partial charge in [0, 0.05) is 18.1 Å². The summed E-state index contributed by atoms with van der Waals surface area (Å²) in [5, 5.41) is 18.0. The maximum absolute atomic E-state index is 13.0. The van der Waals surface area contributed by atoms with E-state index in [0.29, 0.717) is 18.5 Å². The maximum atomic E-state index is 13.0. The van der Waals surface area contributed by atoms with Gasteiger partial charge in [-0.1, -0.05) is 48.5 Å². The standard InChI is InChI=1S/C21H21N3O2.ClH/c25-19-14-22-11-10-21(19,17-7-2-1-3-8-17)24-20(26)16-12-15-6-4-5-9-18(15)23-13-16;/h1-9,12-13,19,22,25H,10-11,14H2,(H,24,26);1H/t19-,21+;/m1./s1. The van der Waals surface area contributed by atoms with Gasteiger partial charge in [-0.2, -0.15) is 0 Å². The van der Waals surface area contributed by atoms with Crippen LogP contribution in [0.15, 0.2) is 66.9 Å². The summed E-state index contributed by atoms with van der Waals surface area (Å²) in [5.41, 5.74) is 1.44. The number of aromatic nitrogens is 1. The Kier molecular flexibility index (Phi) is 5.75. The first-order valence-electron chi connectivity index (χ1n) is 8.81. The molecule has 0 unspecified atom stereocenters. The zero-order chi connectivity index (χ0) is 18.0. The van der Waals surface area contributed by atoms with E-state index in [4.69, 9.17) is 0 Å². The summed E-state index contributed by atoms with van der Waals surface area (Å²) in [5.74, 6) is -0.229. The van der Waals surface area contributed by atoms with Gasteiger partial charge in [0.25, 0.3) is 5.91 Å². The Hall–Kier alpha value is -2.47. The molecule has 0 saturated carbocycles. The molecule has 27 heavy (non-hydrogen) atoms. The van der Waals surface area contributed by atoms with E-state index in [1.807, 2.05) is 60.7 Å². The van der Waals surface area contributed by atoms with Crippen LogP contribution in [0.1, 0.15) is 22.3 Å². The zero-order valence-electron chi connectivity index (χ0n) is 14.8. The predicted molar refractivity (Wildman–Crippen MR) is 108 cm³/mol. The number of β-amino-alcohol motifs (C(OH)–C–C–N with tert-alkyl or cyclic N) is 1. The van der Waals surface area contributed by atoms with Crippen molar-refractivity contribution in [1.82, 2.24) is 15.6 Å². The first kappa shape index (κ1) is 19.3. The summed E-state index contributed by atoms with van der Waals surface area (Å²) in [4.78, 5) is 17.4. The summed E-state index contributed by atoms with van der Waals surface area (Å²) in [6.45, 7) is 1.16. The lowest BCUT2D eigenvalue weighted by molar-refractivity contribution is 0.0289. The first-order valence-corrected chi connectivity index (χ1v) is 8.81. The Labute approximate surface area is 164 Å². The fraction of sp³-hybridized carbons (Fsp3) is 0.238. The topological polar surface area (TPSA) is 74.2 Å². The van der Waals surface area contributed by atoms with Crippen LogP contribution in [-0.2, 0) is 5.54 Å². The molecule has 1 aliphatic heterocycles. The highest BCUT2D eigenvalue weighted by atomic mass is 35.5. The Balaban J connectivity index is 0.00000210. The number of amides is 1. The summed E-state index contributed by atoms with van der Waals surface area (Å²) in [7, 11) is 0. The van der Waals surface area contributed by atoms with Gasteiger partial charge in [-0.25, -0.2) is 0 Å². The number of carbonyl (C=O) groups excluding carboxylic acids is 1. The van der Waals surface area contributed by atoms with E-state index >= 15 is 0 Å². The van der Waals surface area contributed by atoms with Gasteiger partial charge in [0.2, 0.25) is 0 Å². The molecule has 1 amide bonds. The molecule has 5 nitrogen and oxygen atoms in total. The number of carbonyl (C=O) groups is 1. The minimum Gasteiger partial charge on any atom is -0.389 e. The molecular weight excluding hydrogens is 362 g/mol. The number of nitrogens with one attached hydrogen (secondary N) is 2. The number of hydrogen-bond donors (Lipinski definition) is 3. The normalized spacial score (nSPS) is 22.0. The van der Waals surface area contributed by atoms with Crippen molar-refractivity contribution in [2.45, 2.75) is 18.1 Å². The fourth-order valence-electron chi connectivity index (χ4n) is 3.63. The summed E-state index contributed by atoms with van der Waals surface area (Å²) in [6.07, 6.45) is 1.49. The SMILES string of the molecule is Cl.O=C(N[C@]1(c2ccccc2)CCNC[C@H]1O)c1cnc2ccccc2c1. The summed E-state index contributed by atoms with van der Waals surface area (Å²) >= 11 is 0. The Morgan fingerprint density at radius 2 is 1.89 bits per heavy atom. The predicted octanol–water partition coefficient (Wildman–Crippen LogP) is 2.64. The second-order valence-corrected chi connectivity index (χ2v) is 6.68. The number of para-hydroxylation sites is 1. The molecule has 1 fully saturated rings. The second kappa shape index (κ2) is 8.05. The van der Waals surface area contributed by atoms with Crippen molar-refractivity contribution in [3.63, 3.8) is 0 Å². The van der Waals surface area contributed by atoms with Gasteiger partial charge in [0.05, 0.1) is 22.7 Å². The molecule has 0 radical (unpaired) electrons. The van der Waals surface area contributed by atoms with E-state index in [1.165, 1.54) is 0 Å². The minimum absolute atomic E-state index is 0. The molecule has 2 heterocycles. The number of nitrogens with zero attached hydrogens (tertiary/aromatic N) is 1. The number of rotatable bonds is 3. The minimum atomic E-state index is -0.810. The second-order valence-electron chi connectivity index (χ2n) is 6.68. The molecule has 0 bridgehead atoms. The molecule has 1 saturated heterocycles. The third-order valence-corrected chi connectivity index (χ3v) is 5.08. The average Bonchev–Trinajstić information content (AvgIpc) is 2.70. The van der Waals surface area contributed by atoms with Gasteiger partial charge in [-0.05, 0) is 30.7 Å². The smallest absolute Gasteiger partial charge is 0.253 e. The van der Waals surface area contributed by atoms with Gasteiger partial charge >= 0.3 is 0 Å². The van der Waals surface area contributed by atoms with Gasteiger partial charge < -0.3 is 15.7 Å². The van der Waals surface area contributed by atoms with Gasteiger partial charge in [0.15, 0.2) is 0 Å². The Morgan fingerprint density at radius 3 is 2.67 bits per heavy atom. The van der Waals surface area contributed by atoms with Crippen LogP contribution in [0.5, 0.6) is 0 Å². The van der Waals surface area contributed by atoms with Gasteiger partial charge in [-0.3, -0.25) is 9.78 Å². The van der Waals surface area contributed by atoms with E-state index < -0.39 is 11.6 Å². The third kappa shape index (κ3) is 3.67. The van der Waals surface area contributed by atoms with Crippen LogP contribution >= 0.6 is 12.4 Å². The number of aliphatic hydroxyl groups is 1. The Morgan fingerprint density at radius 1 is 1.15 bits per heavy atom. The molecule has 6 heteroatoms. The van der Waals surface area contributed by atoms with E-state index in [0.717, 1.165) is 23.0 Å². The average molecular weight is 384 g/mol. The molecule has 140 valence electrons. The molecule has 3 aromatic rings. The third-order valence-electron chi connectivity index (χ3n) is 5.08. The lowest BCUT2D eigenvalue weighted by Crippen LogP contribution is -2.61. The Bertz CT molecular complexity index is 935. The molecule has 4 rings (SSSR count). The fourth-order valence-corrected chi connectivity index (χ4v) is 3.63. The molecule has 1 aliphatic rings. The zero-order valence-corrected chi connectivity index (χ0v) is 15.6. The van der Waals surface area contributed by atoms with E-state index in [2.05, 4.69) is 15.6 Å². The lowest BCUT2D eigenvalue weighted by Gasteiger charge is -2.43. The molecule has 0 spiro atoms. The highest BCUT2D eigenvalue weighted by Gasteiger charge is 2.42. The largest absolute Gasteiger partial charge is 0.389 e. The molecule has 2 atom stereocenters. The number of fused-ring (bicyclic) bond motifs is 1.